The van der Waals surface area contributed by atoms with Crippen LogP contribution in [0.25, 0.3) is 0 Å². The minimum atomic E-state index is 0.0931. The molecule has 0 aliphatic heterocycles. The van der Waals surface area contributed by atoms with Gasteiger partial charge >= 0.3 is 0 Å². The molecule has 92 valence electrons. The third kappa shape index (κ3) is 3.10. The first-order chi connectivity index (χ1) is 8.08. The molecule has 0 heterocycles. The van der Waals surface area contributed by atoms with Crippen molar-refractivity contribution in [2.45, 2.75) is 17.7 Å². The van der Waals surface area contributed by atoms with Crippen molar-refractivity contribution in [3.63, 3.8) is 0 Å². The number of benzene rings is 1. The van der Waals surface area contributed by atoms with Gasteiger partial charge in [-0.1, -0.05) is 28.1 Å². The summed E-state index contributed by atoms with van der Waals surface area (Å²) in [5.41, 5.74) is 0.740. The standard InChI is InChI=1S/C13H15Br2NO/c1-16(8-9-6-10(14)7-9)13(17)11-4-2-3-5-12(11)15/h2-5,9-10H,6-8H2,1H3. The van der Waals surface area contributed by atoms with Crippen LogP contribution in [0.2, 0.25) is 0 Å². The Labute approximate surface area is 119 Å². The Morgan fingerprint density at radius 3 is 2.65 bits per heavy atom. The van der Waals surface area contributed by atoms with Gasteiger partial charge in [-0.05, 0) is 46.8 Å². The number of halogens is 2. The number of amides is 1. The summed E-state index contributed by atoms with van der Waals surface area (Å²) in [6.07, 6.45) is 2.35. The summed E-state index contributed by atoms with van der Waals surface area (Å²) in [5, 5.41) is 0. The Balaban J connectivity index is 1.97. The van der Waals surface area contributed by atoms with Crippen molar-refractivity contribution in [3.05, 3.63) is 34.3 Å². The van der Waals surface area contributed by atoms with Gasteiger partial charge in [-0.2, -0.15) is 0 Å². The molecule has 0 spiro atoms. The lowest BCUT2D eigenvalue weighted by Crippen LogP contribution is -2.37. The Hall–Kier alpha value is -0.350. The molecule has 1 aliphatic carbocycles. The molecule has 0 aromatic heterocycles. The average molecular weight is 361 g/mol. The quantitative estimate of drug-likeness (QED) is 0.752. The zero-order valence-corrected chi connectivity index (χ0v) is 12.9. The van der Waals surface area contributed by atoms with Gasteiger partial charge < -0.3 is 4.90 Å². The molecular weight excluding hydrogens is 346 g/mol. The molecule has 1 aromatic rings. The number of carbonyl (C=O) groups excluding carboxylic acids is 1. The summed E-state index contributed by atoms with van der Waals surface area (Å²) in [6.45, 7) is 0.849. The van der Waals surface area contributed by atoms with E-state index in [4.69, 9.17) is 0 Å². The molecule has 1 aliphatic rings. The van der Waals surface area contributed by atoms with Crippen molar-refractivity contribution >= 4 is 37.8 Å². The topological polar surface area (TPSA) is 20.3 Å². The van der Waals surface area contributed by atoms with Crippen LogP contribution >= 0.6 is 31.9 Å². The van der Waals surface area contributed by atoms with E-state index in [9.17, 15) is 4.79 Å². The number of carbonyl (C=O) groups is 1. The summed E-state index contributed by atoms with van der Waals surface area (Å²) >= 11 is 6.99. The molecule has 2 nitrogen and oxygen atoms in total. The minimum Gasteiger partial charge on any atom is -0.341 e. The van der Waals surface area contributed by atoms with Gasteiger partial charge in [0.1, 0.15) is 0 Å². The normalized spacial score (nSPS) is 23.0. The zero-order valence-electron chi connectivity index (χ0n) is 9.70. The van der Waals surface area contributed by atoms with Gasteiger partial charge in [0.15, 0.2) is 0 Å². The van der Waals surface area contributed by atoms with Gasteiger partial charge in [-0.15, -0.1) is 0 Å². The highest BCUT2D eigenvalue weighted by Crippen LogP contribution is 2.33. The molecule has 1 saturated carbocycles. The monoisotopic (exact) mass is 359 g/mol. The summed E-state index contributed by atoms with van der Waals surface area (Å²) in [4.78, 5) is 14.7. The van der Waals surface area contributed by atoms with Crippen LogP contribution in [-0.4, -0.2) is 29.2 Å². The lowest BCUT2D eigenvalue weighted by atomic mass is 9.85. The van der Waals surface area contributed by atoms with E-state index in [1.54, 1.807) is 0 Å². The Kier molecular flexibility index (Phi) is 4.26. The smallest absolute Gasteiger partial charge is 0.254 e. The maximum absolute atomic E-state index is 12.2. The second kappa shape index (κ2) is 5.53. The average Bonchev–Trinajstić information content (AvgIpc) is 2.26. The van der Waals surface area contributed by atoms with Gasteiger partial charge in [-0.3, -0.25) is 4.79 Å². The van der Waals surface area contributed by atoms with Gasteiger partial charge in [-0.25, -0.2) is 0 Å². The second-order valence-corrected chi connectivity index (χ2v) is 6.75. The van der Waals surface area contributed by atoms with Crippen molar-refractivity contribution in [2.75, 3.05) is 13.6 Å². The lowest BCUT2D eigenvalue weighted by Gasteiger charge is -2.34. The maximum Gasteiger partial charge on any atom is 0.254 e. The highest BCUT2D eigenvalue weighted by atomic mass is 79.9. The lowest BCUT2D eigenvalue weighted by molar-refractivity contribution is 0.0748. The fraction of sp³-hybridized carbons (Fsp3) is 0.462. The Bertz CT molecular complexity index is 416. The molecule has 1 amide bonds. The van der Waals surface area contributed by atoms with Crippen molar-refractivity contribution < 1.29 is 4.79 Å². The summed E-state index contributed by atoms with van der Waals surface area (Å²) < 4.78 is 0.865. The van der Waals surface area contributed by atoms with Crippen LogP contribution in [0, 0.1) is 5.92 Å². The van der Waals surface area contributed by atoms with E-state index in [1.807, 2.05) is 36.2 Å². The Morgan fingerprint density at radius 1 is 1.41 bits per heavy atom. The molecule has 0 N–H and O–H groups in total. The summed E-state index contributed by atoms with van der Waals surface area (Å²) in [6, 6.07) is 7.57. The van der Waals surface area contributed by atoms with Crippen LogP contribution in [0.15, 0.2) is 28.7 Å². The summed E-state index contributed by atoms with van der Waals surface area (Å²) in [5.74, 6) is 0.742. The van der Waals surface area contributed by atoms with Crippen molar-refractivity contribution in [3.8, 4) is 0 Å². The number of hydrogen-bond donors (Lipinski definition) is 0. The molecule has 0 unspecified atom stereocenters. The van der Waals surface area contributed by atoms with Gasteiger partial charge in [0, 0.05) is 22.9 Å². The second-order valence-electron chi connectivity index (χ2n) is 4.60. The van der Waals surface area contributed by atoms with Crippen LogP contribution in [0.3, 0.4) is 0 Å². The van der Waals surface area contributed by atoms with E-state index in [1.165, 1.54) is 12.8 Å². The predicted molar refractivity (Wildman–Crippen MR) is 76.5 cm³/mol. The van der Waals surface area contributed by atoms with E-state index in [0.29, 0.717) is 10.7 Å². The molecule has 0 saturated heterocycles. The third-order valence-corrected chi connectivity index (χ3v) is 4.60. The third-order valence-electron chi connectivity index (χ3n) is 3.16. The van der Waals surface area contributed by atoms with Crippen LogP contribution in [0.5, 0.6) is 0 Å². The zero-order chi connectivity index (χ0) is 12.4. The number of nitrogens with zero attached hydrogens (tertiary/aromatic N) is 1. The Morgan fingerprint density at radius 2 is 2.06 bits per heavy atom. The maximum atomic E-state index is 12.2. The van der Waals surface area contributed by atoms with E-state index in [2.05, 4.69) is 31.9 Å². The summed E-state index contributed by atoms with van der Waals surface area (Å²) in [7, 11) is 1.88. The molecule has 1 aromatic carbocycles. The molecule has 0 bridgehead atoms. The van der Waals surface area contributed by atoms with E-state index in [0.717, 1.165) is 16.6 Å². The highest BCUT2D eigenvalue weighted by molar-refractivity contribution is 9.10. The fourth-order valence-corrected chi connectivity index (χ4v) is 3.63. The van der Waals surface area contributed by atoms with Gasteiger partial charge in [0.25, 0.3) is 5.91 Å². The van der Waals surface area contributed by atoms with Crippen molar-refractivity contribution in [1.82, 2.24) is 4.90 Å². The SMILES string of the molecule is CN(CC1CC(Br)C1)C(=O)c1ccccc1Br. The number of alkyl halides is 1. The van der Waals surface area contributed by atoms with Crippen molar-refractivity contribution in [2.24, 2.45) is 5.92 Å². The largest absolute Gasteiger partial charge is 0.341 e. The van der Waals surface area contributed by atoms with Gasteiger partial charge in [0.2, 0.25) is 0 Å². The van der Waals surface area contributed by atoms with Crippen LogP contribution < -0.4 is 0 Å². The van der Waals surface area contributed by atoms with Crippen LogP contribution in [-0.2, 0) is 0 Å². The van der Waals surface area contributed by atoms with E-state index < -0.39 is 0 Å². The van der Waals surface area contributed by atoms with Gasteiger partial charge in [0.05, 0.1) is 5.56 Å². The van der Waals surface area contributed by atoms with E-state index in [-0.39, 0.29) is 5.91 Å². The van der Waals surface area contributed by atoms with Crippen LogP contribution in [0.1, 0.15) is 23.2 Å². The predicted octanol–water partition coefficient (Wildman–Crippen LogP) is 3.69. The molecule has 1 fully saturated rings. The first-order valence-electron chi connectivity index (χ1n) is 5.72. The molecule has 2 rings (SSSR count). The van der Waals surface area contributed by atoms with Crippen molar-refractivity contribution in [1.29, 1.82) is 0 Å². The number of rotatable bonds is 3. The molecule has 17 heavy (non-hydrogen) atoms. The van der Waals surface area contributed by atoms with E-state index >= 15 is 0 Å². The first-order valence-corrected chi connectivity index (χ1v) is 7.43. The molecular formula is C13H15Br2NO. The molecule has 4 heteroatoms. The highest BCUT2D eigenvalue weighted by Gasteiger charge is 2.29. The minimum absolute atomic E-state index is 0.0931. The number of hydrogen-bond acceptors (Lipinski definition) is 1. The molecule has 0 radical (unpaired) electrons. The fourth-order valence-electron chi connectivity index (χ4n) is 2.11. The molecule has 0 atom stereocenters. The first kappa shape index (κ1) is 13.1. The van der Waals surface area contributed by atoms with Crippen LogP contribution in [0.4, 0.5) is 0 Å².